The Morgan fingerprint density at radius 2 is 1.89 bits per heavy atom. The van der Waals surface area contributed by atoms with Crippen LogP contribution in [0.25, 0.3) is 0 Å². The van der Waals surface area contributed by atoms with E-state index >= 15 is 0 Å². The summed E-state index contributed by atoms with van der Waals surface area (Å²) < 4.78 is 5.07. The van der Waals surface area contributed by atoms with E-state index < -0.39 is 6.09 Å². The SMILES string of the molecule is CC(C)(C)c1ccc(COC(=O)NCCCO)cc1. The van der Waals surface area contributed by atoms with Gasteiger partial charge < -0.3 is 15.2 Å². The molecule has 19 heavy (non-hydrogen) atoms. The lowest BCUT2D eigenvalue weighted by atomic mass is 9.87. The summed E-state index contributed by atoms with van der Waals surface area (Å²) in [5.41, 5.74) is 2.34. The predicted molar refractivity (Wildman–Crippen MR) is 75.0 cm³/mol. The number of hydrogen-bond acceptors (Lipinski definition) is 3. The van der Waals surface area contributed by atoms with Crippen molar-refractivity contribution in [3.05, 3.63) is 35.4 Å². The van der Waals surface area contributed by atoms with Crippen LogP contribution in [-0.2, 0) is 16.8 Å². The van der Waals surface area contributed by atoms with Crippen LogP contribution >= 0.6 is 0 Å². The van der Waals surface area contributed by atoms with Crippen LogP contribution in [0, 0.1) is 0 Å². The maximum absolute atomic E-state index is 11.3. The molecule has 0 atom stereocenters. The number of carbonyl (C=O) groups is 1. The molecule has 0 radical (unpaired) electrons. The molecule has 1 aromatic carbocycles. The lowest BCUT2D eigenvalue weighted by Crippen LogP contribution is -2.25. The van der Waals surface area contributed by atoms with E-state index in [2.05, 4.69) is 38.2 Å². The Morgan fingerprint density at radius 3 is 2.42 bits per heavy atom. The second-order valence-electron chi connectivity index (χ2n) is 5.53. The number of carbonyl (C=O) groups excluding carboxylic acids is 1. The van der Waals surface area contributed by atoms with Crippen molar-refractivity contribution < 1.29 is 14.6 Å². The average molecular weight is 265 g/mol. The van der Waals surface area contributed by atoms with E-state index in [-0.39, 0.29) is 18.6 Å². The molecule has 0 fully saturated rings. The summed E-state index contributed by atoms with van der Waals surface area (Å²) in [6.07, 6.45) is 0.0865. The van der Waals surface area contributed by atoms with Crippen LogP contribution in [0.1, 0.15) is 38.3 Å². The first-order valence-electron chi connectivity index (χ1n) is 6.54. The molecule has 0 saturated carbocycles. The number of aliphatic hydroxyl groups excluding tert-OH is 1. The second kappa shape index (κ2) is 7.14. The summed E-state index contributed by atoms with van der Waals surface area (Å²) in [4.78, 5) is 11.3. The molecule has 0 aliphatic carbocycles. The minimum atomic E-state index is -0.451. The first kappa shape index (κ1) is 15.5. The number of hydrogen-bond donors (Lipinski definition) is 2. The first-order valence-corrected chi connectivity index (χ1v) is 6.54. The van der Waals surface area contributed by atoms with Crippen LogP contribution in [0.5, 0.6) is 0 Å². The standard InChI is InChI=1S/C15H23NO3/c1-15(2,3)13-7-5-12(6-8-13)11-19-14(18)16-9-4-10-17/h5-8,17H,4,9-11H2,1-3H3,(H,16,18). The molecular formula is C15H23NO3. The Labute approximate surface area is 114 Å². The number of nitrogens with one attached hydrogen (secondary N) is 1. The van der Waals surface area contributed by atoms with E-state index in [1.54, 1.807) is 0 Å². The molecular weight excluding hydrogens is 242 g/mol. The van der Waals surface area contributed by atoms with Crippen molar-refractivity contribution >= 4 is 6.09 Å². The molecule has 0 heterocycles. The Bertz CT molecular complexity index is 393. The topological polar surface area (TPSA) is 58.6 Å². The molecule has 0 aliphatic heterocycles. The fourth-order valence-corrected chi connectivity index (χ4v) is 1.57. The molecule has 0 saturated heterocycles. The second-order valence-corrected chi connectivity index (χ2v) is 5.53. The Kier molecular flexibility index (Phi) is 5.83. The van der Waals surface area contributed by atoms with Gasteiger partial charge in [-0.3, -0.25) is 0 Å². The normalized spacial score (nSPS) is 11.2. The van der Waals surface area contributed by atoms with Crippen LogP contribution in [0.15, 0.2) is 24.3 Å². The number of rotatable bonds is 5. The molecule has 0 unspecified atom stereocenters. The molecule has 106 valence electrons. The predicted octanol–water partition coefficient (Wildman–Crippen LogP) is 2.59. The van der Waals surface area contributed by atoms with Gasteiger partial charge in [0, 0.05) is 13.2 Å². The molecule has 0 aromatic heterocycles. The zero-order valence-corrected chi connectivity index (χ0v) is 11.9. The van der Waals surface area contributed by atoms with Crippen LogP contribution in [0.3, 0.4) is 0 Å². The molecule has 4 heteroatoms. The first-order chi connectivity index (χ1) is 8.93. The van der Waals surface area contributed by atoms with Gasteiger partial charge in [-0.1, -0.05) is 45.0 Å². The quantitative estimate of drug-likeness (QED) is 0.804. The number of amides is 1. The third kappa shape index (κ3) is 5.75. The van der Waals surface area contributed by atoms with Gasteiger partial charge in [0.25, 0.3) is 0 Å². The highest BCUT2D eigenvalue weighted by atomic mass is 16.5. The minimum Gasteiger partial charge on any atom is -0.445 e. The van der Waals surface area contributed by atoms with E-state index in [1.165, 1.54) is 5.56 Å². The number of aliphatic hydroxyl groups is 1. The van der Waals surface area contributed by atoms with Gasteiger partial charge in [0.15, 0.2) is 0 Å². The van der Waals surface area contributed by atoms with Gasteiger partial charge in [-0.2, -0.15) is 0 Å². The monoisotopic (exact) mass is 265 g/mol. The maximum Gasteiger partial charge on any atom is 0.407 e. The molecule has 2 N–H and O–H groups in total. The van der Waals surface area contributed by atoms with Crippen molar-refractivity contribution in [3.63, 3.8) is 0 Å². The Balaban J connectivity index is 2.40. The van der Waals surface area contributed by atoms with Crippen molar-refractivity contribution in [3.8, 4) is 0 Å². The number of benzene rings is 1. The summed E-state index contributed by atoms with van der Waals surface area (Å²) in [6.45, 7) is 7.23. The molecule has 1 aromatic rings. The van der Waals surface area contributed by atoms with Crippen molar-refractivity contribution in [1.29, 1.82) is 0 Å². The van der Waals surface area contributed by atoms with Gasteiger partial charge in [0.1, 0.15) is 6.61 Å². The number of alkyl carbamates (subject to hydrolysis) is 1. The van der Waals surface area contributed by atoms with Crippen LogP contribution in [0.4, 0.5) is 4.79 Å². The zero-order valence-electron chi connectivity index (χ0n) is 11.9. The van der Waals surface area contributed by atoms with Gasteiger partial charge in [0.05, 0.1) is 0 Å². The van der Waals surface area contributed by atoms with Crippen molar-refractivity contribution in [2.45, 2.75) is 39.2 Å². The lowest BCUT2D eigenvalue weighted by Gasteiger charge is -2.19. The fraction of sp³-hybridized carbons (Fsp3) is 0.533. The van der Waals surface area contributed by atoms with Gasteiger partial charge in [0.2, 0.25) is 0 Å². The zero-order chi connectivity index (χ0) is 14.3. The number of ether oxygens (including phenoxy) is 1. The summed E-state index contributed by atoms with van der Waals surface area (Å²) in [5, 5.41) is 11.2. The molecule has 0 bridgehead atoms. The summed E-state index contributed by atoms with van der Waals surface area (Å²) in [7, 11) is 0. The smallest absolute Gasteiger partial charge is 0.407 e. The third-order valence-corrected chi connectivity index (χ3v) is 2.79. The molecule has 1 rings (SSSR count). The van der Waals surface area contributed by atoms with Crippen molar-refractivity contribution in [2.75, 3.05) is 13.2 Å². The molecule has 0 aliphatic rings. The highest BCUT2D eigenvalue weighted by Gasteiger charge is 2.12. The maximum atomic E-state index is 11.3. The van der Waals surface area contributed by atoms with E-state index in [0.29, 0.717) is 13.0 Å². The van der Waals surface area contributed by atoms with Gasteiger partial charge >= 0.3 is 6.09 Å². The van der Waals surface area contributed by atoms with E-state index in [9.17, 15) is 4.79 Å². The van der Waals surface area contributed by atoms with Crippen molar-refractivity contribution in [2.24, 2.45) is 0 Å². The van der Waals surface area contributed by atoms with E-state index in [1.807, 2.05) is 12.1 Å². The van der Waals surface area contributed by atoms with Crippen LogP contribution in [-0.4, -0.2) is 24.4 Å². The van der Waals surface area contributed by atoms with E-state index in [4.69, 9.17) is 9.84 Å². The van der Waals surface area contributed by atoms with E-state index in [0.717, 1.165) is 5.56 Å². The van der Waals surface area contributed by atoms with Gasteiger partial charge in [-0.05, 0) is 23.0 Å². The minimum absolute atomic E-state index is 0.0640. The summed E-state index contributed by atoms with van der Waals surface area (Å²) in [5.74, 6) is 0. The molecule has 0 spiro atoms. The molecule has 4 nitrogen and oxygen atoms in total. The largest absolute Gasteiger partial charge is 0.445 e. The highest BCUT2D eigenvalue weighted by Crippen LogP contribution is 2.22. The van der Waals surface area contributed by atoms with Gasteiger partial charge in [-0.15, -0.1) is 0 Å². The van der Waals surface area contributed by atoms with Crippen LogP contribution in [0.2, 0.25) is 0 Å². The van der Waals surface area contributed by atoms with Gasteiger partial charge in [-0.25, -0.2) is 4.79 Å². The molecule has 1 amide bonds. The van der Waals surface area contributed by atoms with Crippen molar-refractivity contribution in [1.82, 2.24) is 5.32 Å². The lowest BCUT2D eigenvalue weighted by molar-refractivity contribution is 0.139. The average Bonchev–Trinajstić information content (AvgIpc) is 2.36. The van der Waals surface area contributed by atoms with Crippen LogP contribution < -0.4 is 5.32 Å². The summed E-state index contributed by atoms with van der Waals surface area (Å²) >= 11 is 0. The Morgan fingerprint density at radius 1 is 1.26 bits per heavy atom. The Hall–Kier alpha value is -1.55. The highest BCUT2D eigenvalue weighted by molar-refractivity contribution is 5.67. The summed E-state index contributed by atoms with van der Waals surface area (Å²) in [6, 6.07) is 8.06. The third-order valence-electron chi connectivity index (χ3n) is 2.79. The fourth-order valence-electron chi connectivity index (χ4n) is 1.57.